The predicted molar refractivity (Wildman–Crippen MR) is 94.5 cm³/mol. The van der Waals surface area contributed by atoms with Gasteiger partial charge in [0.1, 0.15) is 9.90 Å². The highest BCUT2D eigenvalue weighted by Crippen LogP contribution is 2.51. The van der Waals surface area contributed by atoms with Crippen LogP contribution in [0.25, 0.3) is 10.5 Å². The summed E-state index contributed by atoms with van der Waals surface area (Å²) in [5, 5.41) is 0. The lowest BCUT2D eigenvalue weighted by Gasteiger charge is -2.18. The number of nitrogens with zero attached hydrogens (tertiary/aromatic N) is 3. The molecule has 0 bridgehead atoms. The summed E-state index contributed by atoms with van der Waals surface area (Å²) in [6.07, 6.45) is 2.08. The van der Waals surface area contributed by atoms with Crippen LogP contribution in [0.1, 0.15) is 18.4 Å². The van der Waals surface area contributed by atoms with Crippen molar-refractivity contribution in [2.24, 2.45) is 0 Å². The summed E-state index contributed by atoms with van der Waals surface area (Å²) in [6, 6.07) is 5.78. The minimum Gasteiger partial charge on any atom is -0.314 e. The second-order valence-electron chi connectivity index (χ2n) is 4.93. The van der Waals surface area contributed by atoms with Gasteiger partial charge in [0.15, 0.2) is 0 Å². The van der Waals surface area contributed by atoms with Crippen LogP contribution in [0.4, 0.5) is 5.69 Å². The Balaban J connectivity index is 2.08. The quantitative estimate of drug-likeness (QED) is 0.673. The summed E-state index contributed by atoms with van der Waals surface area (Å²) < 4.78 is 2.98. The first-order valence-electron chi connectivity index (χ1n) is 6.55. The molecule has 2 aromatic rings. The Bertz CT molecular complexity index is 727. The molecule has 1 aliphatic heterocycles. The molecule has 1 aromatic carbocycles. The zero-order chi connectivity index (χ0) is 15.0. The van der Waals surface area contributed by atoms with E-state index >= 15 is 0 Å². The molecule has 3 rings (SSSR count). The molecule has 0 radical (unpaired) electrons. The molecule has 0 N–H and O–H groups in total. The minimum atomic E-state index is 0.0314. The maximum Gasteiger partial charge on any atom is 0.211 e. The zero-order valence-corrected chi connectivity index (χ0v) is 15.0. The highest BCUT2D eigenvalue weighted by atomic mass is 79.9. The molecule has 2 heterocycles. The van der Waals surface area contributed by atoms with Crippen LogP contribution in [0.2, 0.25) is 0 Å². The molecule has 1 aliphatic rings. The second kappa shape index (κ2) is 5.71. The van der Waals surface area contributed by atoms with Crippen LogP contribution in [0, 0.1) is 13.5 Å². The Morgan fingerprint density at radius 3 is 2.76 bits per heavy atom. The van der Waals surface area contributed by atoms with Gasteiger partial charge in [0.05, 0.1) is 18.0 Å². The van der Waals surface area contributed by atoms with Gasteiger partial charge in [0.25, 0.3) is 0 Å². The first-order chi connectivity index (χ1) is 10.0. The molecule has 1 fully saturated rings. The first-order valence-corrected chi connectivity index (χ1v) is 9.32. The molecule has 108 valence electrons. The SMILES string of the molecule is [C-]#[N+]c1cc(Br)ccc1-n1cc(C2(C)SCCS2)nc1C. The highest BCUT2D eigenvalue weighted by Gasteiger charge is 2.35. The largest absolute Gasteiger partial charge is 0.314 e. The molecule has 0 saturated carbocycles. The lowest BCUT2D eigenvalue weighted by molar-refractivity contribution is 0.952. The fourth-order valence-electron chi connectivity index (χ4n) is 2.39. The Labute approximate surface area is 141 Å². The Hall–Kier alpha value is -0.900. The van der Waals surface area contributed by atoms with E-state index in [4.69, 9.17) is 11.6 Å². The number of aromatic nitrogens is 2. The second-order valence-corrected chi connectivity index (χ2v) is 9.13. The van der Waals surface area contributed by atoms with E-state index in [2.05, 4.69) is 33.9 Å². The van der Waals surface area contributed by atoms with Crippen LogP contribution in [0.5, 0.6) is 0 Å². The molecule has 0 unspecified atom stereocenters. The summed E-state index contributed by atoms with van der Waals surface area (Å²) in [7, 11) is 0. The van der Waals surface area contributed by atoms with E-state index in [9.17, 15) is 0 Å². The third kappa shape index (κ3) is 2.75. The van der Waals surface area contributed by atoms with E-state index < -0.39 is 0 Å². The van der Waals surface area contributed by atoms with Crippen LogP contribution in [-0.2, 0) is 4.08 Å². The van der Waals surface area contributed by atoms with Crippen molar-refractivity contribution in [3.05, 3.63) is 51.8 Å². The number of hydrogen-bond donors (Lipinski definition) is 0. The number of imidazole rings is 1. The lowest BCUT2D eigenvalue weighted by atomic mass is 10.2. The third-order valence-electron chi connectivity index (χ3n) is 3.50. The normalized spacial score (nSPS) is 16.9. The number of halogens is 1. The Morgan fingerprint density at radius 2 is 2.10 bits per heavy atom. The first kappa shape index (κ1) is 15.0. The van der Waals surface area contributed by atoms with Crippen molar-refractivity contribution in [3.63, 3.8) is 0 Å². The molecule has 0 aliphatic carbocycles. The summed E-state index contributed by atoms with van der Waals surface area (Å²) in [4.78, 5) is 8.38. The number of benzene rings is 1. The molecule has 0 atom stereocenters. The van der Waals surface area contributed by atoms with Crippen LogP contribution in [0.3, 0.4) is 0 Å². The van der Waals surface area contributed by atoms with Gasteiger partial charge in [0.2, 0.25) is 5.69 Å². The summed E-state index contributed by atoms with van der Waals surface area (Å²) in [5.74, 6) is 3.25. The smallest absolute Gasteiger partial charge is 0.211 e. The fourth-order valence-corrected chi connectivity index (χ4v) is 5.51. The fraction of sp³-hybridized carbons (Fsp3) is 0.333. The predicted octanol–water partition coefficient (Wildman–Crippen LogP) is 5.15. The molecule has 1 aromatic heterocycles. The Morgan fingerprint density at radius 1 is 1.38 bits per heavy atom. The zero-order valence-electron chi connectivity index (χ0n) is 11.8. The van der Waals surface area contributed by atoms with Crippen LogP contribution < -0.4 is 0 Å². The number of hydrogen-bond acceptors (Lipinski definition) is 3. The van der Waals surface area contributed by atoms with Crippen LogP contribution in [0.15, 0.2) is 28.9 Å². The van der Waals surface area contributed by atoms with Crippen molar-refractivity contribution in [2.75, 3.05) is 11.5 Å². The summed E-state index contributed by atoms with van der Waals surface area (Å²) in [5.41, 5.74) is 2.61. The maximum atomic E-state index is 7.38. The summed E-state index contributed by atoms with van der Waals surface area (Å²) >= 11 is 7.31. The van der Waals surface area contributed by atoms with E-state index in [1.807, 2.05) is 53.2 Å². The number of rotatable bonds is 2. The molecule has 3 nitrogen and oxygen atoms in total. The lowest BCUT2D eigenvalue weighted by Crippen LogP contribution is -2.08. The number of thioether (sulfide) groups is 2. The number of aryl methyl sites for hydroxylation is 1. The molecular formula is C15H14BrN3S2. The summed E-state index contributed by atoms with van der Waals surface area (Å²) in [6.45, 7) is 11.6. The van der Waals surface area contributed by atoms with E-state index in [-0.39, 0.29) is 4.08 Å². The standard InChI is InChI=1S/C15H14BrN3S2/c1-10-18-14(15(2)20-6-7-21-15)9-19(10)13-5-4-11(16)8-12(13)17-3/h4-5,8-9H,6-7H2,1-2H3. The molecule has 6 heteroatoms. The van der Waals surface area contributed by atoms with Crippen molar-refractivity contribution < 1.29 is 0 Å². The van der Waals surface area contributed by atoms with Gasteiger partial charge in [-0.3, -0.25) is 0 Å². The van der Waals surface area contributed by atoms with Crippen LogP contribution in [-0.4, -0.2) is 21.1 Å². The molecular weight excluding hydrogens is 366 g/mol. The average molecular weight is 380 g/mol. The van der Waals surface area contributed by atoms with Gasteiger partial charge in [-0.05, 0) is 32.0 Å². The van der Waals surface area contributed by atoms with Gasteiger partial charge >= 0.3 is 0 Å². The van der Waals surface area contributed by atoms with E-state index in [0.717, 1.165) is 21.7 Å². The van der Waals surface area contributed by atoms with Gasteiger partial charge in [-0.15, -0.1) is 23.5 Å². The van der Waals surface area contributed by atoms with Gasteiger partial charge in [-0.25, -0.2) is 9.83 Å². The van der Waals surface area contributed by atoms with Crippen molar-refractivity contribution in [3.8, 4) is 5.69 Å². The van der Waals surface area contributed by atoms with E-state index in [0.29, 0.717) is 5.69 Å². The van der Waals surface area contributed by atoms with E-state index in [1.165, 1.54) is 11.5 Å². The molecule has 0 spiro atoms. The van der Waals surface area contributed by atoms with Crippen molar-refractivity contribution in [1.82, 2.24) is 9.55 Å². The monoisotopic (exact) mass is 379 g/mol. The van der Waals surface area contributed by atoms with Gasteiger partial charge in [-0.1, -0.05) is 15.9 Å². The average Bonchev–Trinajstić information content (AvgIpc) is 3.06. The van der Waals surface area contributed by atoms with Gasteiger partial charge in [-0.2, -0.15) is 0 Å². The van der Waals surface area contributed by atoms with Crippen LogP contribution >= 0.6 is 39.5 Å². The minimum absolute atomic E-state index is 0.0314. The third-order valence-corrected chi connectivity index (χ3v) is 7.30. The van der Waals surface area contributed by atoms with Crippen molar-refractivity contribution >= 4 is 45.1 Å². The van der Waals surface area contributed by atoms with E-state index in [1.54, 1.807) is 0 Å². The Kier molecular flexibility index (Phi) is 4.08. The molecule has 1 saturated heterocycles. The van der Waals surface area contributed by atoms with Crippen molar-refractivity contribution in [2.45, 2.75) is 17.9 Å². The highest BCUT2D eigenvalue weighted by molar-refractivity contribution is 9.10. The van der Waals surface area contributed by atoms with Gasteiger partial charge in [0, 0.05) is 22.2 Å². The maximum absolute atomic E-state index is 7.38. The molecule has 0 amide bonds. The van der Waals surface area contributed by atoms with Crippen molar-refractivity contribution in [1.29, 1.82) is 0 Å². The topological polar surface area (TPSA) is 22.2 Å². The van der Waals surface area contributed by atoms with Gasteiger partial charge < -0.3 is 4.57 Å². The molecule has 21 heavy (non-hydrogen) atoms.